The molecule has 0 aliphatic carbocycles. The molecule has 21 heavy (non-hydrogen) atoms. The van der Waals surface area contributed by atoms with Crippen LogP contribution in [-0.4, -0.2) is 29.5 Å². The topological polar surface area (TPSA) is 71.3 Å². The smallest absolute Gasteiger partial charge is 0.276 e. The van der Waals surface area contributed by atoms with Gasteiger partial charge in [-0.3, -0.25) is 10.1 Å². The van der Waals surface area contributed by atoms with Crippen molar-refractivity contribution in [3.05, 3.63) is 22.2 Å². The van der Waals surface area contributed by atoms with Gasteiger partial charge in [0.15, 0.2) is 0 Å². The average Bonchev–Trinajstić information content (AvgIpc) is 2.44. The van der Waals surface area contributed by atoms with Crippen molar-refractivity contribution in [2.24, 2.45) is 5.41 Å². The van der Waals surface area contributed by atoms with Crippen LogP contribution in [0.1, 0.15) is 40.0 Å². The summed E-state index contributed by atoms with van der Waals surface area (Å²) in [5.74, 6) is 1.30. The van der Waals surface area contributed by atoms with Crippen LogP contribution in [0.15, 0.2) is 12.1 Å². The van der Waals surface area contributed by atoms with Crippen molar-refractivity contribution in [1.29, 1.82) is 0 Å². The van der Waals surface area contributed by atoms with Crippen molar-refractivity contribution >= 4 is 17.3 Å². The summed E-state index contributed by atoms with van der Waals surface area (Å²) in [6.45, 7) is 9.14. The molecule has 0 saturated carbocycles. The molecule has 2 heterocycles. The maximum absolute atomic E-state index is 11.1. The monoisotopic (exact) mass is 292 g/mol. The molecule has 6 nitrogen and oxygen atoms in total. The Morgan fingerprint density at radius 3 is 2.62 bits per heavy atom. The van der Waals surface area contributed by atoms with Gasteiger partial charge in [0.05, 0.1) is 17.1 Å². The Morgan fingerprint density at radius 2 is 2.05 bits per heavy atom. The van der Waals surface area contributed by atoms with Gasteiger partial charge in [0.1, 0.15) is 11.6 Å². The number of anilines is 2. The second-order valence-electron chi connectivity index (χ2n) is 6.40. The molecule has 0 bridgehead atoms. The van der Waals surface area contributed by atoms with Gasteiger partial charge in [0.25, 0.3) is 5.69 Å². The van der Waals surface area contributed by atoms with Crippen LogP contribution in [0.2, 0.25) is 0 Å². The van der Waals surface area contributed by atoms with E-state index in [4.69, 9.17) is 0 Å². The van der Waals surface area contributed by atoms with Crippen molar-refractivity contribution < 1.29 is 4.92 Å². The molecule has 1 N–H and O–H groups in total. The summed E-state index contributed by atoms with van der Waals surface area (Å²) >= 11 is 0. The van der Waals surface area contributed by atoms with Gasteiger partial charge in [0.2, 0.25) is 0 Å². The largest absolute Gasteiger partial charge is 0.370 e. The number of hydrogen-bond acceptors (Lipinski definition) is 5. The first kappa shape index (κ1) is 15.5. The zero-order valence-corrected chi connectivity index (χ0v) is 13.1. The molecular formula is C15H24N4O2. The molecular weight excluding hydrogens is 268 g/mol. The van der Waals surface area contributed by atoms with E-state index in [9.17, 15) is 10.1 Å². The third-order valence-electron chi connectivity index (χ3n) is 4.00. The highest BCUT2D eigenvalue weighted by atomic mass is 16.6. The normalized spacial score (nSPS) is 17.6. The molecule has 1 saturated heterocycles. The zero-order valence-electron chi connectivity index (χ0n) is 13.1. The fourth-order valence-corrected chi connectivity index (χ4v) is 2.45. The first-order valence-corrected chi connectivity index (χ1v) is 7.56. The molecule has 116 valence electrons. The van der Waals surface area contributed by atoms with E-state index in [2.05, 4.69) is 36.0 Å². The van der Waals surface area contributed by atoms with E-state index < -0.39 is 0 Å². The Morgan fingerprint density at radius 1 is 1.38 bits per heavy atom. The Balaban J connectivity index is 2.21. The van der Waals surface area contributed by atoms with E-state index in [1.165, 1.54) is 6.07 Å². The summed E-state index contributed by atoms with van der Waals surface area (Å²) < 4.78 is 0. The lowest BCUT2D eigenvalue weighted by Gasteiger charge is -2.37. The Labute approximate surface area is 125 Å². The van der Waals surface area contributed by atoms with E-state index >= 15 is 0 Å². The molecule has 6 heteroatoms. The lowest BCUT2D eigenvalue weighted by molar-refractivity contribution is -0.384. The molecule has 1 aromatic heterocycles. The fourth-order valence-electron chi connectivity index (χ4n) is 2.45. The van der Waals surface area contributed by atoms with Crippen LogP contribution in [0.25, 0.3) is 0 Å². The van der Waals surface area contributed by atoms with E-state index in [1.54, 1.807) is 6.07 Å². The van der Waals surface area contributed by atoms with Gasteiger partial charge in [-0.2, -0.15) is 0 Å². The number of nitrogens with one attached hydrogen (secondary N) is 1. The van der Waals surface area contributed by atoms with E-state index in [-0.39, 0.29) is 10.6 Å². The van der Waals surface area contributed by atoms with Crippen molar-refractivity contribution in [3.8, 4) is 0 Å². The SMILES string of the molecule is CCCNc1cc([N+](=O)[O-])cc(N2CCC(C)(C)CC2)n1. The molecule has 0 radical (unpaired) electrons. The second-order valence-corrected chi connectivity index (χ2v) is 6.40. The highest BCUT2D eigenvalue weighted by Gasteiger charge is 2.27. The quantitative estimate of drug-likeness (QED) is 0.665. The molecule has 2 rings (SSSR count). The molecule has 1 aromatic rings. The van der Waals surface area contributed by atoms with Crippen LogP contribution in [0.3, 0.4) is 0 Å². The molecule has 1 fully saturated rings. The third-order valence-corrected chi connectivity index (χ3v) is 4.00. The number of aromatic nitrogens is 1. The van der Waals surface area contributed by atoms with Crippen molar-refractivity contribution in [1.82, 2.24) is 4.98 Å². The van der Waals surface area contributed by atoms with Crippen LogP contribution >= 0.6 is 0 Å². The van der Waals surface area contributed by atoms with Gasteiger partial charge in [-0.05, 0) is 24.7 Å². The van der Waals surface area contributed by atoms with E-state index in [0.717, 1.165) is 38.9 Å². The van der Waals surface area contributed by atoms with Gasteiger partial charge >= 0.3 is 0 Å². The maximum Gasteiger partial charge on any atom is 0.276 e. The minimum atomic E-state index is -0.351. The van der Waals surface area contributed by atoms with Gasteiger partial charge in [0, 0.05) is 19.6 Å². The van der Waals surface area contributed by atoms with E-state index in [0.29, 0.717) is 17.1 Å². The van der Waals surface area contributed by atoms with Crippen molar-refractivity contribution in [2.45, 2.75) is 40.0 Å². The summed E-state index contributed by atoms with van der Waals surface area (Å²) in [5.41, 5.74) is 0.448. The van der Waals surface area contributed by atoms with Crippen LogP contribution in [-0.2, 0) is 0 Å². The summed E-state index contributed by atoms with van der Waals surface area (Å²) in [5, 5.41) is 14.2. The number of piperidine rings is 1. The zero-order chi connectivity index (χ0) is 15.5. The minimum Gasteiger partial charge on any atom is -0.370 e. The first-order chi connectivity index (χ1) is 9.91. The summed E-state index contributed by atoms with van der Waals surface area (Å²) in [6, 6.07) is 3.09. The molecule has 0 unspecified atom stereocenters. The number of pyridine rings is 1. The van der Waals surface area contributed by atoms with Crippen molar-refractivity contribution in [2.75, 3.05) is 29.9 Å². The van der Waals surface area contributed by atoms with Crippen LogP contribution in [0.4, 0.5) is 17.3 Å². The van der Waals surface area contributed by atoms with Gasteiger partial charge < -0.3 is 10.2 Å². The number of nitro groups is 1. The minimum absolute atomic E-state index is 0.100. The number of nitrogens with zero attached hydrogens (tertiary/aromatic N) is 3. The first-order valence-electron chi connectivity index (χ1n) is 7.56. The highest BCUT2D eigenvalue weighted by molar-refractivity contribution is 5.56. The molecule has 1 aliphatic heterocycles. The lowest BCUT2D eigenvalue weighted by atomic mass is 9.83. The van der Waals surface area contributed by atoms with Gasteiger partial charge in [-0.15, -0.1) is 0 Å². The molecule has 0 spiro atoms. The predicted octanol–water partition coefficient (Wildman–Crippen LogP) is 3.44. The second kappa shape index (κ2) is 6.28. The highest BCUT2D eigenvalue weighted by Crippen LogP contribution is 2.33. The Kier molecular flexibility index (Phi) is 4.65. The summed E-state index contributed by atoms with van der Waals surface area (Å²) in [4.78, 5) is 17.4. The predicted molar refractivity (Wildman–Crippen MR) is 84.9 cm³/mol. The number of hydrogen-bond donors (Lipinski definition) is 1. The van der Waals surface area contributed by atoms with Gasteiger partial charge in [-0.25, -0.2) is 4.98 Å². The average molecular weight is 292 g/mol. The Hall–Kier alpha value is -1.85. The fraction of sp³-hybridized carbons (Fsp3) is 0.667. The lowest BCUT2D eigenvalue weighted by Crippen LogP contribution is -2.37. The van der Waals surface area contributed by atoms with E-state index in [1.807, 2.05) is 0 Å². The van der Waals surface area contributed by atoms with Crippen LogP contribution in [0.5, 0.6) is 0 Å². The maximum atomic E-state index is 11.1. The number of rotatable bonds is 5. The molecule has 0 aromatic carbocycles. The van der Waals surface area contributed by atoms with Crippen LogP contribution in [0, 0.1) is 15.5 Å². The molecule has 1 aliphatic rings. The van der Waals surface area contributed by atoms with Gasteiger partial charge in [-0.1, -0.05) is 20.8 Å². The molecule has 0 amide bonds. The summed E-state index contributed by atoms with van der Waals surface area (Å²) in [6.07, 6.45) is 3.11. The van der Waals surface area contributed by atoms with Crippen molar-refractivity contribution in [3.63, 3.8) is 0 Å². The molecule has 0 atom stereocenters. The standard InChI is InChI=1S/C15H24N4O2/c1-4-7-16-13-10-12(19(20)21)11-14(17-13)18-8-5-15(2,3)6-9-18/h10-11H,4-9H2,1-3H3,(H,16,17). The third kappa shape index (κ3) is 4.06. The Bertz CT molecular complexity index is 506. The summed E-state index contributed by atoms with van der Waals surface area (Å²) in [7, 11) is 0. The van der Waals surface area contributed by atoms with Crippen LogP contribution < -0.4 is 10.2 Å².